The van der Waals surface area contributed by atoms with Crippen LogP contribution in [0.3, 0.4) is 0 Å². The van der Waals surface area contributed by atoms with Gasteiger partial charge in [-0.3, -0.25) is 0 Å². The van der Waals surface area contributed by atoms with Crippen LogP contribution in [0.5, 0.6) is 0 Å². The monoisotopic (exact) mass is 192 g/mol. The van der Waals surface area contributed by atoms with Crippen LogP contribution in [0.25, 0.3) is 11.1 Å². The van der Waals surface area contributed by atoms with Gasteiger partial charge in [-0.25, -0.2) is 13.9 Å². The summed E-state index contributed by atoms with van der Waals surface area (Å²) in [5.74, 6) is -0.265. The summed E-state index contributed by atoms with van der Waals surface area (Å²) in [6, 6.07) is 1.37. The quantitative estimate of drug-likeness (QED) is 0.744. The topological polar surface area (TPSA) is 56.2 Å². The number of nitrogens with zero attached hydrogens (tertiary/aromatic N) is 3. The van der Waals surface area contributed by atoms with Crippen LogP contribution in [0.15, 0.2) is 18.8 Å². The first-order valence-electron chi connectivity index (χ1n) is 4.05. The van der Waals surface area contributed by atoms with Crippen molar-refractivity contribution in [2.45, 2.75) is 6.92 Å². The third-order valence-electron chi connectivity index (χ3n) is 1.92. The average molecular weight is 192 g/mol. The van der Waals surface area contributed by atoms with Gasteiger partial charge in [0, 0.05) is 6.07 Å². The van der Waals surface area contributed by atoms with Crippen molar-refractivity contribution >= 4 is 17.0 Å². The predicted octanol–water partition coefficient (Wildman–Crippen LogP) is 1.48. The van der Waals surface area contributed by atoms with Crippen LogP contribution in [0.4, 0.5) is 10.3 Å². The highest BCUT2D eigenvalue weighted by atomic mass is 19.1. The first-order chi connectivity index (χ1) is 6.59. The van der Waals surface area contributed by atoms with Crippen LogP contribution in [0.1, 0.15) is 12.6 Å². The number of hydrogen-bond donors (Lipinski definition) is 1. The molecule has 0 aliphatic carbocycles. The Bertz CT molecular complexity index is 515. The zero-order valence-electron chi connectivity index (χ0n) is 7.66. The minimum Gasteiger partial charge on any atom is -0.367 e. The average Bonchev–Trinajstić information content (AvgIpc) is 2.43. The maximum Gasteiger partial charge on any atom is 0.238 e. The van der Waals surface area contributed by atoms with E-state index in [0.717, 1.165) is 5.57 Å². The summed E-state index contributed by atoms with van der Waals surface area (Å²) >= 11 is 0. The number of hydrogen-bond acceptors (Lipinski definition) is 3. The number of rotatable bonds is 1. The Kier molecular flexibility index (Phi) is 1.73. The fourth-order valence-electron chi connectivity index (χ4n) is 1.27. The third kappa shape index (κ3) is 1.14. The van der Waals surface area contributed by atoms with Gasteiger partial charge in [-0.2, -0.15) is 0 Å². The maximum absolute atomic E-state index is 13.3. The van der Waals surface area contributed by atoms with Crippen LogP contribution >= 0.6 is 0 Å². The highest BCUT2D eigenvalue weighted by molar-refractivity contribution is 5.64. The van der Waals surface area contributed by atoms with Gasteiger partial charge in [-0.05, 0) is 12.5 Å². The minimum atomic E-state index is -0.372. The minimum absolute atomic E-state index is 0.107. The number of halogens is 1. The largest absolute Gasteiger partial charge is 0.367 e. The summed E-state index contributed by atoms with van der Waals surface area (Å²) in [7, 11) is 0. The summed E-state index contributed by atoms with van der Waals surface area (Å²) in [5, 5.41) is 3.90. The van der Waals surface area contributed by atoms with Gasteiger partial charge in [0.05, 0.1) is 11.9 Å². The van der Waals surface area contributed by atoms with Crippen molar-refractivity contribution in [2.24, 2.45) is 0 Å². The molecule has 2 N–H and O–H groups in total. The Morgan fingerprint density at radius 2 is 2.36 bits per heavy atom. The zero-order chi connectivity index (χ0) is 10.3. The Morgan fingerprint density at radius 1 is 1.64 bits per heavy atom. The molecule has 5 heteroatoms. The molecule has 2 heterocycles. The molecule has 0 aliphatic heterocycles. The molecule has 0 radical (unpaired) electrons. The van der Waals surface area contributed by atoms with E-state index in [2.05, 4.69) is 16.7 Å². The number of anilines is 1. The van der Waals surface area contributed by atoms with Crippen molar-refractivity contribution in [3.8, 4) is 0 Å². The van der Waals surface area contributed by atoms with Gasteiger partial charge in [-0.1, -0.05) is 6.58 Å². The molecular weight excluding hydrogens is 183 g/mol. The van der Waals surface area contributed by atoms with Crippen molar-refractivity contribution in [1.82, 2.24) is 14.6 Å². The van der Waals surface area contributed by atoms with E-state index in [9.17, 15) is 4.39 Å². The Morgan fingerprint density at radius 3 is 3.00 bits per heavy atom. The van der Waals surface area contributed by atoms with Crippen LogP contribution in [-0.4, -0.2) is 14.6 Å². The molecular formula is C9H9FN4. The molecule has 72 valence electrons. The number of nitrogen functional groups attached to an aromatic ring is 1. The van der Waals surface area contributed by atoms with Crippen molar-refractivity contribution in [3.05, 3.63) is 30.4 Å². The van der Waals surface area contributed by atoms with Crippen molar-refractivity contribution in [3.63, 3.8) is 0 Å². The highest BCUT2D eigenvalue weighted by Crippen LogP contribution is 2.19. The second kappa shape index (κ2) is 2.80. The number of nitrogens with two attached hydrogens (primary N) is 1. The predicted molar refractivity (Wildman–Crippen MR) is 52.1 cm³/mol. The molecule has 0 aliphatic rings. The Labute approximate surface area is 79.9 Å². The molecule has 14 heavy (non-hydrogen) atoms. The van der Waals surface area contributed by atoms with Crippen LogP contribution in [-0.2, 0) is 0 Å². The lowest BCUT2D eigenvalue weighted by molar-refractivity contribution is 0.638. The zero-order valence-corrected chi connectivity index (χ0v) is 7.66. The molecule has 0 amide bonds. The standard InChI is InChI=1S/C9H9FN4/c1-5(2)7-3-6(10)8-4-12-9(11)13-14(7)8/h3-4H,1H2,2H3,(H2,11,13). The highest BCUT2D eigenvalue weighted by Gasteiger charge is 2.10. The third-order valence-corrected chi connectivity index (χ3v) is 1.92. The molecule has 4 nitrogen and oxygen atoms in total. The molecule has 2 aromatic heterocycles. The van der Waals surface area contributed by atoms with Crippen LogP contribution in [0.2, 0.25) is 0 Å². The maximum atomic E-state index is 13.3. The van der Waals surface area contributed by atoms with Crippen LogP contribution in [0, 0.1) is 5.82 Å². The summed E-state index contributed by atoms with van der Waals surface area (Å²) in [6.07, 6.45) is 1.35. The van der Waals surface area contributed by atoms with Crippen molar-refractivity contribution in [1.29, 1.82) is 0 Å². The van der Waals surface area contributed by atoms with Gasteiger partial charge < -0.3 is 5.73 Å². The first kappa shape index (κ1) is 8.68. The molecule has 0 unspecified atom stereocenters. The number of aromatic nitrogens is 3. The van der Waals surface area contributed by atoms with E-state index in [4.69, 9.17) is 5.73 Å². The molecule has 2 aromatic rings. The van der Waals surface area contributed by atoms with Crippen molar-refractivity contribution < 1.29 is 4.39 Å². The van der Waals surface area contributed by atoms with Gasteiger partial charge in [0.2, 0.25) is 5.95 Å². The summed E-state index contributed by atoms with van der Waals surface area (Å²) in [4.78, 5) is 3.72. The molecule has 0 aromatic carbocycles. The molecule has 0 fully saturated rings. The molecule has 0 saturated heterocycles. The number of fused-ring (bicyclic) bond motifs is 1. The summed E-state index contributed by atoms with van der Waals surface area (Å²) in [6.45, 7) is 5.51. The second-order valence-electron chi connectivity index (χ2n) is 3.07. The fourth-order valence-corrected chi connectivity index (χ4v) is 1.27. The molecule has 2 rings (SSSR count). The SMILES string of the molecule is C=C(C)c1cc(F)c2cnc(N)nn12. The first-order valence-corrected chi connectivity index (χ1v) is 4.05. The smallest absolute Gasteiger partial charge is 0.238 e. The lowest BCUT2D eigenvalue weighted by Gasteiger charge is -1.99. The fraction of sp³-hybridized carbons (Fsp3) is 0.111. The Hall–Kier alpha value is -1.91. The summed E-state index contributed by atoms with van der Waals surface area (Å²) in [5.41, 5.74) is 7.04. The lowest BCUT2D eigenvalue weighted by Crippen LogP contribution is -2.02. The number of allylic oxidation sites excluding steroid dienone is 1. The van der Waals surface area contributed by atoms with Crippen molar-refractivity contribution in [2.75, 3.05) is 5.73 Å². The summed E-state index contributed by atoms with van der Waals surface area (Å²) < 4.78 is 14.7. The molecule has 0 bridgehead atoms. The molecule has 0 atom stereocenters. The van der Waals surface area contributed by atoms with E-state index in [1.165, 1.54) is 16.8 Å². The van der Waals surface area contributed by atoms with Gasteiger partial charge in [0.15, 0.2) is 5.82 Å². The molecule has 0 saturated carbocycles. The van der Waals surface area contributed by atoms with Gasteiger partial charge in [0.25, 0.3) is 0 Å². The van der Waals surface area contributed by atoms with E-state index < -0.39 is 0 Å². The van der Waals surface area contributed by atoms with Crippen LogP contribution < -0.4 is 5.73 Å². The second-order valence-corrected chi connectivity index (χ2v) is 3.07. The van der Waals surface area contributed by atoms with E-state index in [1.807, 2.05) is 0 Å². The normalized spacial score (nSPS) is 10.7. The Balaban J connectivity index is 2.85. The van der Waals surface area contributed by atoms with Gasteiger partial charge in [-0.15, -0.1) is 5.10 Å². The van der Waals surface area contributed by atoms with E-state index in [-0.39, 0.29) is 11.8 Å². The van der Waals surface area contributed by atoms with E-state index >= 15 is 0 Å². The van der Waals surface area contributed by atoms with Gasteiger partial charge >= 0.3 is 0 Å². The van der Waals surface area contributed by atoms with Gasteiger partial charge in [0.1, 0.15) is 5.52 Å². The molecule has 0 spiro atoms. The lowest BCUT2D eigenvalue weighted by atomic mass is 10.2. The van der Waals surface area contributed by atoms with E-state index in [0.29, 0.717) is 11.2 Å². The van der Waals surface area contributed by atoms with E-state index in [1.54, 1.807) is 6.92 Å².